The van der Waals surface area contributed by atoms with E-state index in [1.54, 1.807) is 6.07 Å². The number of para-hydroxylation sites is 1. The number of carbonyl (C=O) groups is 1. The van der Waals surface area contributed by atoms with Gasteiger partial charge in [0.15, 0.2) is 17.6 Å². The molecule has 2 aromatic carbocycles. The van der Waals surface area contributed by atoms with Gasteiger partial charge in [0, 0.05) is 24.6 Å². The van der Waals surface area contributed by atoms with Crippen LogP contribution in [-0.2, 0) is 11.2 Å². The predicted molar refractivity (Wildman–Crippen MR) is 85.2 cm³/mol. The largest absolute Gasteiger partial charge is 0.490 e. The van der Waals surface area contributed by atoms with Crippen LogP contribution in [-0.4, -0.2) is 25.2 Å². The lowest BCUT2D eigenvalue weighted by Crippen LogP contribution is -2.31. The first-order valence-electron chi connectivity index (χ1n) is 7.75. The summed E-state index contributed by atoms with van der Waals surface area (Å²) in [7, 11) is 0. The molecule has 0 aliphatic carbocycles. The van der Waals surface area contributed by atoms with Crippen LogP contribution in [0.4, 0.5) is 5.69 Å². The Bertz CT molecular complexity index is 719. The van der Waals surface area contributed by atoms with E-state index in [4.69, 9.17) is 14.2 Å². The Morgan fingerprint density at radius 1 is 1.00 bits per heavy atom. The summed E-state index contributed by atoms with van der Waals surface area (Å²) in [5.41, 5.74) is 1.74. The number of carbonyl (C=O) groups excluding carboxylic acids is 1. The number of ether oxygens (including phenoxy) is 3. The van der Waals surface area contributed by atoms with Gasteiger partial charge in [-0.05, 0) is 23.8 Å². The Morgan fingerprint density at radius 3 is 2.70 bits per heavy atom. The summed E-state index contributed by atoms with van der Waals surface area (Å²) in [6.07, 6.45) is 0.945. The monoisotopic (exact) mass is 311 g/mol. The molecule has 0 bridgehead atoms. The van der Waals surface area contributed by atoms with Gasteiger partial charge in [-0.15, -0.1) is 0 Å². The zero-order chi connectivity index (χ0) is 15.6. The number of benzene rings is 2. The Hall–Kier alpha value is -2.69. The summed E-state index contributed by atoms with van der Waals surface area (Å²) < 4.78 is 16.9. The molecular formula is C18H17NO4. The van der Waals surface area contributed by atoms with Crippen molar-refractivity contribution in [3.8, 4) is 17.2 Å². The van der Waals surface area contributed by atoms with Gasteiger partial charge in [0.2, 0.25) is 0 Å². The minimum Gasteiger partial charge on any atom is -0.490 e. The minimum atomic E-state index is -0.497. The Balaban J connectivity index is 1.46. The molecule has 0 spiro atoms. The maximum atomic E-state index is 12.4. The van der Waals surface area contributed by atoms with Gasteiger partial charge in [-0.3, -0.25) is 4.79 Å². The first-order chi connectivity index (χ1) is 11.3. The Morgan fingerprint density at radius 2 is 1.83 bits per heavy atom. The van der Waals surface area contributed by atoms with Crippen LogP contribution >= 0.6 is 0 Å². The maximum absolute atomic E-state index is 12.4. The van der Waals surface area contributed by atoms with Gasteiger partial charge in [-0.25, -0.2) is 0 Å². The molecule has 0 radical (unpaired) electrons. The zero-order valence-electron chi connectivity index (χ0n) is 12.6. The average molecular weight is 311 g/mol. The van der Waals surface area contributed by atoms with Crippen LogP contribution in [0.1, 0.15) is 12.0 Å². The third kappa shape index (κ3) is 2.82. The van der Waals surface area contributed by atoms with Crippen LogP contribution in [0.25, 0.3) is 0 Å². The van der Waals surface area contributed by atoms with E-state index in [9.17, 15) is 4.79 Å². The summed E-state index contributed by atoms with van der Waals surface area (Å²) in [5.74, 6) is 2.00. The number of fused-ring (bicyclic) bond motifs is 2. The van der Waals surface area contributed by atoms with Gasteiger partial charge in [0.1, 0.15) is 5.75 Å². The molecular weight excluding hydrogens is 294 g/mol. The molecule has 118 valence electrons. The molecule has 5 heteroatoms. The van der Waals surface area contributed by atoms with E-state index in [1.807, 2.05) is 36.4 Å². The Kier molecular flexibility index (Phi) is 3.54. The van der Waals surface area contributed by atoms with Crippen molar-refractivity contribution in [3.05, 3.63) is 48.0 Å². The highest BCUT2D eigenvalue weighted by atomic mass is 16.5. The number of hydrogen-bond acceptors (Lipinski definition) is 4. The molecule has 2 aromatic rings. The van der Waals surface area contributed by atoms with Gasteiger partial charge in [-0.2, -0.15) is 0 Å². The molecule has 4 rings (SSSR count). The fraction of sp³-hybridized carbons (Fsp3) is 0.278. The van der Waals surface area contributed by atoms with Crippen molar-refractivity contribution < 1.29 is 19.0 Å². The Labute approximate surface area is 134 Å². The molecule has 0 fully saturated rings. The second kappa shape index (κ2) is 5.83. The van der Waals surface area contributed by atoms with E-state index in [-0.39, 0.29) is 5.91 Å². The molecule has 1 atom stereocenters. The molecule has 2 aliphatic rings. The van der Waals surface area contributed by atoms with Crippen molar-refractivity contribution >= 4 is 11.6 Å². The quantitative estimate of drug-likeness (QED) is 0.926. The van der Waals surface area contributed by atoms with E-state index in [1.165, 1.54) is 0 Å². The standard InChI is InChI=1S/C18H17NO4/c20-18(17-10-12-4-1-2-5-14(12)23-17)19-13-6-7-15-16(11-13)22-9-3-8-21-15/h1-2,4-7,11,17H,3,8-10H2,(H,19,20). The van der Waals surface area contributed by atoms with Crippen LogP contribution in [0.3, 0.4) is 0 Å². The third-order valence-electron chi connectivity index (χ3n) is 3.95. The number of nitrogens with one attached hydrogen (secondary N) is 1. The fourth-order valence-electron chi connectivity index (χ4n) is 2.79. The topological polar surface area (TPSA) is 56.8 Å². The van der Waals surface area contributed by atoms with Gasteiger partial charge in [0.05, 0.1) is 13.2 Å². The lowest BCUT2D eigenvalue weighted by atomic mass is 10.1. The molecule has 1 N–H and O–H groups in total. The second-order valence-corrected chi connectivity index (χ2v) is 5.62. The third-order valence-corrected chi connectivity index (χ3v) is 3.95. The van der Waals surface area contributed by atoms with Gasteiger partial charge in [-0.1, -0.05) is 18.2 Å². The first-order valence-corrected chi connectivity index (χ1v) is 7.75. The zero-order valence-corrected chi connectivity index (χ0v) is 12.6. The van der Waals surface area contributed by atoms with Crippen LogP contribution in [0.2, 0.25) is 0 Å². The normalized spacial score (nSPS) is 18.5. The van der Waals surface area contributed by atoms with Crippen molar-refractivity contribution in [1.82, 2.24) is 0 Å². The summed E-state index contributed by atoms with van der Waals surface area (Å²) in [4.78, 5) is 12.4. The summed E-state index contributed by atoms with van der Waals surface area (Å²) >= 11 is 0. The molecule has 2 heterocycles. The second-order valence-electron chi connectivity index (χ2n) is 5.62. The van der Waals surface area contributed by atoms with E-state index >= 15 is 0 Å². The number of rotatable bonds is 2. The van der Waals surface area contributed by atoms with Crippen LogP contribution in [0.5, 0.6) is 17.2 Å². The molecule has 23 heavy (non-hydrogen) atoms. The lowest BCUT2D eigenvalue weighted by molar-refractivity contribution is -0.122. The van der Waals surface area contributed by atoms with E-state index in [2.05, 4.69) is 5.32 Å². The van der Waals surface area contributed by atoms with E-state index < -0.39 is 6.10 Å². The highest BCUT2D eigenvalue weighted by Gasteiger charge is 2.29. The molecule has 1 unspecified atom stereocenters. The van der Waals surface area contributed by atoms with Gasteiger partial charge in [0.25, 0.3) is 5.91 Å². The lowest BCUT2D eigenvalue weighted by Gasteiger charge is -2.13. The SMILES string of the molecule is O=C(Nc1ccc2c(c1)OCCCO2)C1Cc2ccccc2O1. The van der Waals surface area contributed by atoms with Gasteiger partial charge < -0.3 is 19.5 Å². The molecule has 2 aliphatic heterocycles. The molecule has 5 nitrogen and oxygen atoms in total. The smallest absolute Gasteiger partial charge is 0.265 e. The number of hydrogen-bond donors (Lipinski definition) is 1. The van der Waals surface area contributed by atoms with E-state index in [0.29, 0.717) is 36.8 Å². The highest BCUT2D eigenvalue weighted by Crippen LogP contribution is 2.33. The fourth-order valence-corrected chi connectivity index (χ4v) is 2.79. The maximum Gasteiger partial charge on any atom is 0.265 e. The molecule has 0 saturated heterocycles. The van der Waals surface area contributed by atoms with Crippen molar-refractivity contribution in [3.63, 3.8) is 0 Å². The predicted octanol–water partition coefficient (Wildman–Crippen LogP) is 2.79. The highest BCUT2D eigenvalue weighted by molar-refractivity contribution is 5.95. The van der Waals surface area contributed by atoms with Crippen LogP contribution < -0.4 is 19.5 Å². The van der Waals surface area contributed by atoms with Crippen molar-refractivity contribution in [2.45, 2.75) is 18.9 Å². The summed E-state index contributed by atoms with van der Waals surface area (Å²) in [6, 6.07) is 13.1. The van der Waals surface area contributed by atoms with Gasteiger partial charge >= 0.3 is 0 Å². The molecule has 0 aromatic heterocycles. The summed E-state index contributed by atoms with van der Waals surface area (Å²) in [6.45, 7) is 1.26. The average Bonchev–Trinajstić information content (AvgIpc) is 2.87. The number of anilines is 1. The van der Waals surface area contributed by atoms with Crippen molar-refractivity contribution in [2.24, 2.45) is 0 Å². The van der Waals surface area contributed by atoms with Crippen LogP contribution in [0, 0.1) is 0 Å². The van der Waals surface area contributed by atoms with Crippen LogP contribution in [0.15, 0.2) is 42.5 Å². The van der Waals surface area contributed by atoms with Crippen molar-refractivity contribution in [1.29, 1.82) is 0 Å². The summed E-state index contributed by atoms with van der Waals surface area (Å²) in [5, 5.41) is 2.89. The van der Waals surface area contributed by atoms with E-state index in [0.717, 1.165) is 17.7 Å². The molecule has 1 amide bonds. The van der Waals surface area contributed by atoms with Crippen molar-refractivity contribution in [2.75, 3.05) is 18.5 Å². The first kappa shape index (κ1) is 13.9. The number of amides is 1. The minimum absolute atomic E-state index is 0.157. The molecule has 0 saturated carbocycles.